The summed E-state index contributed by atoms with van der Waals surface area (Å²) in [5, 5.41) is 20.1. The van der Waals surface area contributed by atoms with Gasteiger partial charge in [0.1, 0.15) is 23.0 Å². The number of aromatic nitrogens is 3. The number of methoxy groups -OCH3 is 1. The molecule has 26 heavy (non-hydrogen) atoms. The summed E-state index contributed by atoms with van der Waals surface area (Å²) in [5.41, 5.74) is -0.0153. The molecular weight excluding hydrogens is 328 g/mol. The number of nitrogens with zero attached hydrogens (tertiary/aromatic N) is 4. The van der Waals surface area contributed by atoms with Gasteiger partial charge in [-0.1, -0.05) is 26.0 Å². The normalized spacial score (nSPS) is 20.5. The lowest BCUT2D eigenvalue weighted by atomic mass is 9.86. The summed E-state index contributed by atoms with van der Waals surface area (Å²) in [6, 6.07) is 7.76. The summed E-state index contributed by atoms with van der Waals surface area (Å²) in [6.45, 7) is 7.82. The number of benzene rings is 1. The second-order valence-corrected chi connectivity index (χ2v) is 7.69. The fourth-order valence-corrected chi connectivity index (χ4v) is 3.97. The fraction of sp³-hybridized carbons (Fsp3) is 0.600. The maximum Gasteiger partial charge on any atom is 0.146 e. The van der Waals surface area contributed by atoms with E-state index in [1.807, 2.05) is 38.2 Å². The van der Waals surface area contributed by atoms with Crippen LogP contribution in [0.5, 0.6) is 5.75 Å². The Kier molecular flexibility index (Phi) is 5.34. The first kappa shape index (κ1) is 18.9. The first-order valence-corrected chi connectivity index (χ1v) is 9.33. The Bertz CT molecular complexity index is 737. The molecule has 1 aromatic heterocycles. The van der Waals surface area contributed by atoms with Crippen molar-refractivity contribution in [2.45, 2.75) is 57.7 Å². The molecule has 1 N–H and O–H groups in total. The Morgan fingerprint density at radius 1 is 1.27 bits per heavy atom. The van der Waals surface area contributed by atoms with Gasteiger partial charge < -0.3 is 14.4 Å². The number of aliphatic hydroxyl groups is 1. The van der Waals surface area contributed by atoms with Crippen LogP contribution in [0.1, 0.15) is 56.7 Å². The third kappa shape index (κ3) is 3.48. The minimum Gasteiger partial charge on any atom is -0.497 e. The minimum atomic E-state index is -0.928. The van der Waals surface area contributed by atoms with Gasteiger partial charge in [-0.2, -0.15) is 0 Å². The van der Waals surface area contributed by atoms with E-state index in [0.29, 0.717) is 12.5 Å². The van der Waals surface area contributed by atoms with Gasteiger partial charge in [0.2, 0.25) is 0 Å². The molecule has 0 radical (unpaired) electrons. The lowest BCUT2D eigenvalue weighted by molar-refractivity contribution is -0.0263. The zero-order valence-corrected chi connectivity index (χ0v) is 16.4. The average Bonchev–Trinajstić information content (AvgIpc) is 3.23. The molecule has 0 amide bonds. The lowest BCUT2D eigenvalue weighted by Gasteiger charge is -2.36. The molecule has 1 aliphatic heterocycles. The van der Waals surface area contributed by atoms with Crippen LogP contribution in [0.2, 0.25) is 0 Å². The van der Waals surface area contributed by atoms with E-state index in [1.165, 1.54) is 0 Å². The standard InChI is InChI=1S/C20H30N4O2/c1-14(2)19-22-21-18(23(19)4)13-24-12-6-7-17(24)20(3,25)15-8-10-16(26-5)11-9-15/h8-11,14,17,25H,6-7,12-13H2,1-5H3. The quantitative estimate of drug-likeness (QED) is 0.860. The van der Waals surface area contributed by atoms with Crippen LogP contribution < -0.4 is 4.74 Å². The summed E-state index contributed by atoms with van der Waals surface area (Å²) in [5.74, 6) is 3.09. The zero-order chi connectivity index (χ0) is 18.9. The Hall–Kier alpha value is -1.92. The molecule has 0 aliphatic carbocycles. The highest BCUT2D eigenvalue weighted by atomic mass is 16.5. The van der Waals surface area contributed by atoms with E-state index in [9.17, 15) is 5.11 Å². The van der Waals surface area contributed by atoms with Crippen LogP contribution in [-0.2, 0) is 19.2 Å². The van der Waals surface area contributed by atoms with Gasteiger partial charge in [-0.05, 0) is 44.0 Å². The van der Waals surface area contributed by atoms with Crippen LogP contribution in [0.4, 0.5) is 0 Å². The molecule has 0 bridgehead atoms. The molecule has 2 heterocycles. The van der Waals surface area contributed by atoms with Gasteiger partial charge in [-0.15, -0.1) is 10.2 Å². The molecule has 2 unspecified atom stereocenters. The van der Waals surface area contributed by atoms with Crippen molar-refractivity contribution in [3.05, 3.63) is 41.5 Å². The highest BCUT2D eigenvalue weighted by Crippen LogP contribution is 2.36. The van der Waals surface area contributed by atoms with Gasteiger partial charge in [-0.25, -0.2) is 0 Å². The SMILES string of the molecule is COc1ccc(C(C)(O)C2CCCN2Cc2nnc(C(C)C)n2C)cc1. The molecule has 2 atom stereocenters. The monoisotopic (exact) mass is 358 g/mol. The summed E-state index contributed by atoms with van der Waals surface area (Å²) in [4.78, 5) is 2.33. The third-order valence-corrected chi connectivity index (χ3v) is 5.55. The molecule has 142 valence electrons. The lowest BCUT2D eigenvalue weighted by Crippen LogP contribution is -2.45. The van der Waals surface area contributed by atoms with Gasteiger partial charge in [0.15, 0.2) is 0 Å². The van der Waals surface area contributed by atoms with E-state index in [1.54, 1.807) is 7.11 Å². The van der Waals surface area contributed by atoms with Crippen molar-refractivity contribution in [1.82, 2.24) is 19.7 Å². The first-order valence-electron chi connectivity index (χ1n) is 9.33. The molecule has 3 rings (SSSR count). The Balaban J connectivity index is 1.80. The third-order valence-electron chi connectivity index (χ3n) is 5.55. The van der Waals surface area contributed by atoms with E-state index < -0.39 is 5.60 Å². The molecule has 1 fully saturated rings. The van der Waals surface area contributed by atoms with Crippen LogP contribution in [0, 0.1) is 0 Å². The molecule has 6 nitrogen and oxygen atoms in total. The van der Waals surface area contributed by atoms with Crippen LogP contribution in [0.25, 0.3) is 0 Å². The molecular formula is C20H30N4O2. The maximum atomic E-state index is 11.3. The fourth-order valence-electron chi connectivity index (χ4n) is 3.97. The van der Waals surface area contributed by atoms with Crippen molar-refractivity contribution in [3.63, 3.8) is 0 Å². The van der Waals surface area contributed by atoms with E-state index in [4.69, 9.17) is 4.74 Å². The molecule has 1 aliphatic rings. The Morgan fingerprint density at radius 3 is 2.54 bits per heavy atom. The summed E-state index contributed by atoms with van der Waals surface area (Å²) < 4.78 is 7.32. The number of hydrogen-bond acceptors (Lipinski definition) is 5. The molecule has 2 aromatic rings. The average molecular weight is 358 g/mol. The van der Waals surface area contributed by atoms with Gasteiger partial charge in [-0.3, -0.25) is 4.90 Å². The number of likely N-dealkylation sites (tertiary alicyclic amines) is 1. The van der Waals surface area contributed by atoms with Crippen LogP contribution in [-0.4, -0.2) is 44.5 Å². The number of hydrogen-bond donors (Lipinski definition) is 1. The van der Waals surface area contributed by atoms with Crippen molar-refractivity contribution in [2.75, 3.05) is 13.7 Å². The van der Waals surface area contributed by atoms with Crippen LogP contribution >= 0.6 is 0 Å². The van der Waals surface area contributed by atoms with E-state index in [0.717, 1.165) is 42.3 Å². The summed E-state index contributed by atoms with van der Waals surface area (Å²) >= 11 is 0. The smallest absolute Gasteiger partial charge is 0.146 e. The summed E-state index contributed by atoms with van der Waals surface area (Å²) in [7, 11) is 3.68. The zero-order valence-electron chi connectivity index (χ0n) is 16.4. The number of ether oxygens (including phenoxy) is 1. The largest absolute Gasteiger partial charge is 0.497 e. The molecule has 0 saturated carbocycles. The van der Waals surface area contributed by atoms with Crippen LogP contribution in [0.15, 0.2) is 24.3 Å². The van der Waals surface area contributed by atoms with Gasteiger partial charge in [0.05, 0.1) is 13.7 Å². The molecule has 0 spiro atoms. The Morgan fingerprint density at radius 2 is 1.96 bits per heavy atom. The number of rotatable bonds is 6. The molecule has 6 heteroatoms. The second-order valence-electron chi connectivity index (χ2n) is 7.69. The highest BCUT2D eigenvalue weighted by molar-refractivity contribution is 5.31. The van der Waals surface area contributed by atoms with Crippen molar-refractivity contribution in [3.8, 4) is 5.75 Å². The van der Waals surface area contributed by atoms with E-state index in [2.05, 4.69) is 33.5 Å². The second kappa shape index (κ2) is 7.37. The maximum absolute atomic E-state index is 11.3. The molecule has 1 aromatic carbocycles. The predicted octanol–water partition coefficient (Wildman–Crippen LogP) is 2.82. The highest BCUT2D eigenvalue weighted by Gasteiger charge is 2.41. The van der Waals surface area contributed by atoms with Gasteiger partial charge in [0, 0.05) is 19.0 Å². The van der Waals surface area contributed by atoms with Crippen molar-refractivity contribution < 1.29 is 9.84 Å². The first-order chi connectivity index (χ1) is 12.3. The minimum absolute atomic E-state index is 0.0510. The van der Waals surface area contributed by atoms with Gasteiger partial charge >= 0.3 is 0 Å². The van der Waals surface area contributed by atoms with Crippen LogP contribution in [0.3, 0.4) is 0 Å². The predicted molar refractivity (Wildman–Crippen MR) is 101 cm³/mol. The van der Waals surface area contributed by atoms with E-state index >= 15 is 0 Å². The van der Waals surface area contributed by atoms with Crippen molar-refractivity contribution >= 4 is 0 Å². The summed E-state index contributed by atoms with van der Waals surface area (Å²) in [6.07, 6.45) is 2.04. The topological polar surface area (TPSA) is 63.4 Å². The molecule has 1 saturated heterocycles. The van der Waals surface area contributed by atoms with Crippen molar-refractivity contribution in [1.29, 1.82) is 0 Å². The Labute approximate surface area is 155 Å². The van der Waals surface area contributed by atoms with E-state index in [-0.39, 0.29) is 6.04 Å². The van der Waals surface area contributed by atoms with Crippen molar-refractivity contribution in [2.24, 2.45) is 7.05 Å². The van der Waals surface area contributed by atoms with Gasteiger partial charge in [0.25, 0.3) is 0 Å².